The number of ether oxygens (including phenoxy) is 3. The molecule has 2 heterocycles. The summed E-state index contributed by atoms with van der Waals surface area (Å²) in [6.07, 6.45) is 0. The molecule has 0 bridgehead atoms. The van der Waals surface area contributed by atoms with Crippen LogP contribution in [-0.4, -0.2) is 84.1 Å². The second-order valence-corrected chi connectivity index (χ2v) is 8.75. The van der Waals surface area contributed by atoms with Crippen LogP contribution in [0.15, 0.2) is 47.6 Å². The Kier molecular flexibility index (Phi) is 7.91. The monoisotopic (exact) mass is 483 g/mol. The lowest BCUT2D eigenvalue weighted by atomic mass is 10.1. The van der Waals surface area contributed by atoms with Crippen LogP contribution in [0.5, 0.6) is 17.2 Å². The van der Waals surface area contributed by atoms with Gasteiger partial charge in [0, 0.05) is 38.3 Å². The van der Waals surface area contributed by atoms with Crippen molar-refractivity contribution in [2.45, 2.75) is 11.7 Å². The number of amides is 1. The summed E-state index contributed by atoms with van der Waals surface area (Å²) < 4.78 is 16.2. The van der Waals surface area contributed by atoms with Crippen LogP contribution >= 0.6 is 11.8 Å². The normalized spacial score (nSPS) is 14.1. The van der Waals surface area contributed by atoms with Crippen molar-refractivity contribution in [3.8, 4) is 28.6 Å². The third-order valence-corrected chi connectivity index (χ3v) is 6.53. The number of aromatic amines is 1. The van der Waals surface area contributed by atoms with E-state index in [9.17, 15) is 4.79 Å². The smallest absolute Gasteiger partial charge is 0.233 e. The van der Waals surface area contributed by atoms with Crippen LogP contribution in [0.25, 0.3) is 11.4 Å². The largest absolute Gasteiger partial charge is 0.493 e. The van der Waals surface area contributed by atoms with E-state index in [0.29, 0.717) is 34.0 Å². The molecule has 0 radical (unpaired) electrons. The summed E-state index contributed by atoms with van der Waals surface area (Å²) in [7, 11) is 4.69. The lowest BCUT2D eigenvalue weighted by Gasteiger charge is -2.34. The van der Waals surface area contributed by atoms with Crippen LogP contribution in [0.4, 0.5) is 0 Å². The number of hydrogen-bond acceptors (Lipinski definition) is 8. The average Bonchev–Trinajstić information content (AvgIpc) is 3.36. The zero-order valence-electron chi connectivity index (χ0n) is 19.6. The molecule has 10 heteroatoms. The van der Waals surface area contributed by atoms with E-state index in [1.807, 2.05) is 11.0 Å². The Labute approximate surface area is 203 Å². The molecule has 4 rings (SSSR count). The van der Waals surface area contributed by atoms with Crippen molar-refractivity contribution in [1.29, 1.82) is 0 Å². The quantitative estimate of drug-likeness (QED) is 0.465. The van der Waals surface area contributed by atoms with Gasteiger partial charge in [0.05, 0.1) is 27.1 Å². The fraction of sp³-hybridized carbons (Fsp3) is 0.375. The van der Waals surface area contributed by atoms with Gasteiger partial charge in [-0.1, -0.05) is 42.1 Å². The number of carbonyl (C=O) groups is 1. The molecule has 1 saturated heterocycles. The molecule has 3 aromatic rings. The maximum Gasteiger partial charge on any atom is 0.233 e. The van der Waals surface area contributed by atoms with E-state index in [1.165, 1.54) is 17.3 Å². The lowest BCUT2D eigenvalue weighted by molar-refractivity contribution is -0.130. The van der Waals surface area contributed by atoms with Crippen LogP contribution in [-0.2, 0) is 11.3 Å². The van der Waals surface area contributed by atoms with E-state index in [2.05, 4.69) is 44.3 Å². The molecule has 0 saturated carbocycles. The molecule has 1 fully saturated rings. The highest BCUT2D eigenvalue weighted by molar-refractivity contribution is 7.99. The van der Waals surface area contributed by atoms with Crippen LogP contribution < -0.4 is 14.2 Å². The van der Waals surface area contributed by atoms with Crippen LogP contribution in [0, 0.1) is 0 Å². The number of hydrogen-bond donors (Lipinski definition) is 1. The molecule has 9 nitrogen and oxygen atoms in total. The SMILES string of the molecule is COc1cc(-c2nc(SCC(=O)N3CCN(Cc4ccccc4)CC3)n[nH]2)cc(OC)c1OC. The fourth-order valence-corrected chi connectivity index (χ4v) is 4.57. The Hall–Kier alpha value is -3.24. The summed E-state index contributed by atoms with van der Waals surface area (Å²) in [5, 5.41) is 7.70. The molecule has 1 aromatic heterocycles. The van der Waals surface area contributed by atoms with Crippen molar-refractivity contribution in [2.75, 3.05) is 53.3 Å². The fourth-order valence-electron chi connectivity index (χ4n) is 3.87. The van der Waals surface area contributed by atoms with Crippen molar-refractivity contribution < 1.29 is 19.0 Å². The topological polar surface area (TPSA) is 92.8 Å². The molecule has 1 N–H and O–H groups in total. The molecule has 1 aliphatic rings. The number of aromatic nitrogens is 3. The Bertz CT molecular complexity index is 1070. The second-order valence-electron chi connectivity index (χ2n) is 7.81. The Morgan fingerprint density at radius 2 is 1.68 bits per heavy atom. The van der Waals surface area contributed by atoms with E-state index in [0.717, 1.165) is 38.3 Å². The molecule has 0 atom stereocenters. The number of carbonyl (C=O) groups excluding carboxylic acids is 1. The van der Waals surface area contributed by atoms with Crippen molar-refractivity contribution >= 4 is 17.7 Å². The number of H-pyrrole nitrogens is 1. The summed E-state index contributed by atoms with van der Waals surface area (Å²) in [5.74, 6) is 2.53. The van der Waals surface area contributed by atoms with Gasteiger partial charge in [-0.25, -0.2) is 4.98 Å². The van der Waals surface area contributed by atoms with Gasteiger partial charge in [0.25, 0.3) is 0 Å². The van der Waals surface area contributed by atoms with E-state index >= 15 is 0 Å². The molecular weight excluding hydrogens is 454 g/mol. The van der Waals surface area contributed by atoms with Gasteiger partial charge in [-0.3, -0.25) is 14.8 Å². The van der Waals surface area contributed by atoms with Gasteiger partial charge in [-0.15, -0.1) is 5.10 Å². The third kappa shape index (κ3) is 5.63. The molecule has 0 aliphatic carbocycles. The van der Waals surface area contributed by atoms with Gasteiger partial charge in [0.15, 0.2) is 17.3 Å². The number of nitrogens with zero attached hydrogens (tertiary/aromatic N) is 4. The van der Waals surface area contributed by atoms with E-state index in [-0.39, 0.29) is 5.91 Å². The number of nitrogens with one attached hydrogen (secondary N) is 1. The summed E-state index contributed by atoms with van der Waals surface area (Å²) in [4.78, 5) is 21.6. The highest BCUT2D eigenvalue weighted by Crippen LogP contribution is 2.40. The Morgan fingerprint density at radius 3 is 2.29 bits per heavy atom. The van der Waals surface area contributed by atoms with E-state index in [4.69, 9.17) is 14.2 Å². The van der Waals surface area contributed by atoms with Crippen molar-refractivity contribution in [3.05, 3.63) is 48.0 Å². The van der Waals surface area contributed by atoms with E-state index in [1.54, 1.807) is 33.5 Å². The second kappa shape index (κ2) is 11.3. The first kappa shape index (κ1) is 23.9. The molecular formula is C24H29N5O4S. The Morgan fingerprint density at radius 1 is 1.00 bits per heavy atom. The predicted octanol–water partition coefficient (Wildman–Crippen LogP) is 2.93. The summed E-state index contributed by atoms with van der Waals surface area (Å²) in [6, 6.07) is 14.0. The number of piperazine rings is 1. The maximum atomic E-state index is 12.7. The average molecular weight is 484 g/mol. The third-order valence-electron chi connectivity index (χ3n) is 5.70. The van der Waals surface area contributed by atoms with Gasteiger partial charge in [0.2, 0.25) is 16.8 Å². The molecule has 0 spiro atoms. The highest BCUT2D eigenvalue weighted by atomic mass is 32.2. The number of methoxy groups -OCH3 is 3. The Balaban J connectivity index is 1.31. The number of thioether (sulfide) groups is 1. The van der Waals surface area contributed by atoms with Crippen molar-refractivity contribution in [3.63, 3.8) is 0 Å². The molecule has 1 amide bonds. The lowest BCUT2D eigenvalue weighted by Crippen LogP contribution is -2.48. The minimum atomic E-state index is 0.100. The van der Waals surface area contributed by atoms with Crippen molar-refractivity contribution in [1.82, 2.24) is 25.0 Å². The maximum absolute atomic E-state index is 12.7. The summed E-state index contributed by atoms with van der Waals surface area (Å²) in [6.45, 7) is 4.13. The minimum Gasteiger partial charge on any atom is -0.493 e. The summed E-state index contributed by atoms with van der Waals surface area (Å²) in [5.41, 5.74) is 2.04. The van der Waals surface area contributed by atoms with Gasteiger partial charge in [0.1, 0.15) is 0 Å². The molecule has 2 aromatic carbocycles. The highest BCUT2D eigenvalue weighted by Gasteiger charge is 2.22. The van der Waals surface area contributed by atoms with Crippen LogP contribution in [0.3, 0.4) is 0 Å². The first-order chi connectivity index (χ1) is 16.6. The molecule has 34 heavy (non-hydrogen) atoms. The molecule has 1 aliphatic heterocycles. The van der Waals surface area contributed by atoms with Gasteiger partial charge < -0.3 is 19.1 Å². The van der Waals surface area contributed by atoms with Gasteiger partial charge >= 0.3 is 0 Å². The molecule has 0 unspecified atom stereocenters. The number of benzene rings is 2. The molecule has 180 valence electrons. The van der Waals surface area contributed by atoms with Gasteiger partial charge in [-0.2, -0.15) is 0 Å². The van der Waals surface area contributed by atoms with Crippen molar-refractivity contribution in [2.24, 2.45) is 0 Å². The first-order valence-electron chi connectivity index (χ1n) is 11.0. The predicted molar refractivity (Wildman–Crippen MR) is 130 cm³/mol. The number of rotatable bonds is 9. The van der Waals surface area contributed by atoms with Crippen LogP contribution in [0.2, 0.25) is 0 Å². The van der Waals surface area contributed by atoms with Crippen LogP contribution in [0.1, 0.15) is 5.56 Å². The van der Waals surface area contributed by atoms with Gasteiger partial charge in [-0.05, 0) is 17.7 Å². The first-order valence-corrected chi connectivity index (χ1v) is 12.0. The van der Waals surface area contributed by atoms with E-state index < -0.39 is 0 Å². The minimum absolute atomic E-state index is 0.100. The zero-order chi connectivity index (χ0) is 23.9. The summed E-state index contributed by atoms with van der Waals surface area (Å²) >= 11 is 1.32. The zero-order valence-corrected chi connectivity index (χ0v) is 20.4. The standard InChI is InChI=1S/C24H29N5O4S/c1-31-19-13-18(14-20(32-2)22(19)33-3)23-25-24(27-26-23)34-16-21(30)29-11-9-28(10-12-29)15-17-7-5-4-6-8-17/h4-8,13-14H,9-12,15-16H2,1-3H3,(H,25,26,27).